The predicted molar refractivity (Wildman–Crippen MR) is 79.8 cm³/mol. The van der Waals surface area contributed by atoms with Crippen LogP contribution in [0.5, 0.6) is 0 Å². The Morgan fingerprint density at radius 3 is 2.40 bits per heavy atom. The fourth-order valence-corrected chi connectivity index (χ4v) is 3.70. The van der Waals surface area contributed by atoms with Gasteiger partial charge < -0.3 is 0 Å². The van der Waals surface area contributed by atoms with Gasteiger partial charge in [0, 0.05) is 19.0 Å². The zero-order valence-corrected chi connectivity index (χ0v) is 13.8. The summed E-state index contributed by atoms with van der Waals surface area (Å²) in [7, 11) is -2.37. The van der Waals surface area contributed by atoms with Gasteiger partial charge in [-0.25, -0.2) is 12.8 Å². The Labute approximate surface area is 125 Å². The molecule has 3 nitrogen and oxygen atoms in total. The first-order chi connectivity index (χ1) is 9.20. The summed E-state index contributed by atoms with van der Waals surface area (Å²) in [5.74, 6) is -0.238. The highest BCUT2D eigenvalue weighted by atomic mass is 35.5. The molecule has 0 aliphatic heterocycles. The molecular formula is C14H21ClFNO2S. The summed E-state index contributed by atoms with van der Waals surface area (Å²) in [5, 5.41) is 0. The average molecular weight is 322 g/mol. The molecule has 0 heterocycles. The number of benzene rings is 1. The first kappa shape index (κ1) is 17.4. The molecule has 1 atom stereocenters. The van der Waals surface area contributed by atoms with E-state index in [1.807, 2.05) is 20.8 Å². The zero-order valence-electron chi connectivity index (χ0n) is 12.2. The summed E-state index contributed by atoms with van der Waals surface area (Å²) in [6, 6.07) is 3.74. The lowest BCUT2D eigenvalue weighted by Crippen LogP contribution is -2.36. The van der Waals surface area contributed by atoms with Crippen molar-refractivity contribution < 1.29 is 12.8 Å². The number of hydrogen-bond acceptors (Lipinski definition) is 2. The lowest BCUT2D eigenvalue weighted by molar-refractivity contribution is 0.336. The summed E-state index contributed by atoms with van der Waals surface area (Å²) in [5.41, 5.74) is 0.580. The molecule has 0 saturated carbocycles. The number of alkyl halides is 1. The van der Waals surface area contributed by atoms with Gasteiger partial charge in [0.25, 0.3) is 0 Å². The van der Waals surface area contributed by atoms with Crippen molar-refractivity contribution in [3.05, 3.63) is 29.6 Å². The Hall–Kier alpha value is -0.650. The van der Waals surface area contributed by atoms with E-state index in [0.29, 0.717) is 17.9 Å². The topological polar surface area (TPSA) is 37.4 Å². The van der Waals surface area contributed by atoms with Crippen molar-refractivity contribution in [3.63, 3.8) is 0 Å². The summed E-state index contributed by atoms with van der Waals surface area (Å²) >= 11 is 5.68. The Bertz CT molecular complexity index is 560. The van der Waals surface area contributed by atoms with Gasteiger partial charge in [0.05, 0.1) is 0 Å². The average Bonchev–Trinajstić information content (AvgIpc) is 2.37. The fraction of sp³-hybridized carbons (Fsp3) is 0.571. The van der Waals surface area contributed by atoms with Gasteiger partial charge in [-0.2, -0.15) is 4.31 Å². The van der Waals surface area contributed by atoms with E-state index in [0.717, 1.165) is 6.07 Å². The molecule has 1 unspecified atom stereocenters. The van der Waals surface area contributed by atoms with Gasteiger partial charge in [-0.1, -0.05) is 19.9 Å². The molecule has 0 radical (unpaired) electrons. The SMILES string of the molecule is CC(C)CC(C)N(C)S(=O)(=O)c1cc(CCl)ccc1F. The van der Waals surface area contributed by atoms with Crippen molar-refractivity contribution in [2.75, 3.05) is 7.05 Å². The summed E-state index contributed by atoms with van der Waals surface area (Å²) in [6.45, 7) is 5.86. The number of halogens is 2. The van der Waals surface area contributed by atoms with Crippen LogP contribution in [0, 0.1) is 11.7 Å². The highest BCUT2D eigenvalue weighted by Crippen LogP contribution is 2.23. The minimum atomic E-state index is -3.85. The Morgan fingerprint density at radius 2 is 1.90 bits per heavy atom. The highest BCUT2D eigenvalue weighted by molar-refractivity contribution is 7.89. The van der Waals surface area contributed by atoms with E-state index in [1.165, 1.54) is 23.5 Å². The van der Waals surface area contributed by atoms with E-state index in [4.69, 9.17) is 11.6 Å². The maximum atomic E-state index is 13.8. The van der Waals surface area contributed by atoms with Gasteiger partial charge in [0.15, 0.2) is 0 Å². The summed E-state index contributed by atoms with van der Waals surface area (Å²) in [4.78, 5) is -0.311. The predicted octanol–water partition coefficient (Wildman–Crippen LogP) is 3.62. The zero-order chi connectivity index (χ0) is 15.5. The maximum Gasteiger partial charge on any atom is 0.245 e. The molecule has 6 heteroatoms. The van der Waals surface area contributed by atoms with Crippen molar-refractivity contribution in [2.24, 2.45) is 5.92 Å². The van der Waals surface area contributed by atoms with Crippen LogP contribution in [0.1, 0.15) is 32.8 Å². The number of rotatable bonds is 6. The first-order valence-electron chi connectivity index (χ1n) is 6.52. The van der Waals surface area contributed by atoms with Crippen LogP contribution in [0.25, 0.3) is 0 Å². The number of nitrogens with zero attached hydrogens (tertiary/aromatic N) is 1. The van der Waals surface area contributed by atoms with Crippen LogP contribution in [0.15, 0.2) is 23.1 Å². The second-order valence-electron chi connectivity index (χ2n) is 5.40. The van der Waals surface area contributed by atoms with Crippen LogP contribution < -0.4 is 0 Å². The monoisotopic (exact) mass is 321 g/mol. The van der Waals surface area contributed by atoms with E-state index >= 15 is 0 Å². The van der Waals surface area contributed by atoms with E-state index < -0.39 is 15.8 Å². The molecule has 0 aliphatic rings. The van der Waals surface area contributed by atoms with Crippen LogP contribution in [-0.4, -0.2) is 25.8 Å². The van der Waals surface area contributed by atoms with Crippen LogP contribution in [-0.2, 0) is 15.9 Å². The molecule has 0 aliphatic carbocycles. The third kappa shape index (κ3) is 3.93. The van der Waals surface area contributed by atoms with E-state index in [9.17, 15) is 12.8 Å². The van der Waals surface area contributed by atoms with Crippen LogP contribution in [0.4, 0.5) is 4.39 Å². The Kier molecular flexibility index (Phi) is 5.98. The lowest BCUT2D eigenvalue weighted by atomic mass is 10.1. The third-order valence-electron chi connectivity index (χ3n) is 3.24. The second-order valence-corrected chi connectivity index (χ2v) is 7.63. The second kappa shape index (κ2) is 6.87. The molecule has 1 aromatic carbocycles. The molecule has 0 bridgehead atoms. The Morgan fingerprint density at radius 1 is 1.30 bits per heavy atom. The number of hydrogen-bond donors (Lipinski definition) is 0. The van der Waals surface area contributed by atoms with Crippen LogP contribution >= 0.6 is 11.6 Å². The van der Waals surface area contributed by atoms with Crippen molar-refractivity contribution in [3.8, 4) is 0 Å². The molecule has 114 valence electrons. The molecule has 0 amide bonds. The smallest absolute Gasteiger partial charge is 0.207 e. The van der Waals surface area contributed by atoms with Crippen molar-refractivity contribution >= 4 is 21.6 Å². The highest BCUT2D eigenvalue weighted by Gasteiger charge is 2.28. The van der Waals surface area contributed by atoms with Crippen molar-refractivity contribution in [2.45, 2.75) is 44.0 Å². The minimum absolute atomic E-state index is 0.147. The molecule has 0 spiro atoms. The van der Waals surface area contributed by atoms with E-state index in [-0.39, 0.29) is 16.8 Å². The minimum Gasteiger partial charge on any atom is -0.207 e. The van der Waals surface area contributed by atoms with Gasteiger partial charge in [0.1, 0.15) is 10.7 Å². The lowest BCUT2D eigenvalue weighted by Gasteiger charge is -2.26. The normalized spacial score (nSPS) is 14.0. The van der Waals surface area contributed by atoms with E-state index in [2.05, 4.69) is 0 Å². The summed E-state index contributed by atoms with van der Waals surface area (Å²) in [6.07, 6.45) is 0.715. The molecule has 0 saturated heterocycles. The van der Waals surface area contributed by atoms with Crippen molar-refractivity contribution in [1.82, 2.24) is 4.31 Å². The third-order valence-corrected chi connectivity index (χ3v) is 5.54. The largest absolute Gasteiger partial charge is 0.245 e. The van der Waals surface area contributed by atoms with Crippen LogP contribution in [0.2, 0.25) is 0 Å². The molecule has 1 aromatic rings. The van der Waals surface area contributed by atoms with Crippen molar-refractivity contribution in [1.29, 1.82) is 0 Å². The molecule has 20 heavy (non-hydrogen) atoms. The number of sulfonamides is 1. The molecular weight excluding hydrogens is 301 g/mol. The van der Waals surface area contributed by atoms with Gasteiger partial charge in [-0.15, -0.1) is 11.6 Å². The maximum absolute atomic E-state index is 13.8. The van der Waals surface area contributed by atoms with E-state index in [1.54, 1.807) is 0 Å². The standard InChI is InChI=1S/C14H21ClFNO2S/c1-10(2)7-11(3)17(4)20(18,19)14-8-12(9-15)5-6-13(14)16/h5-6,8,10-11H,7,9H2,1-4H3. The van der Waals surface area contributed by atoms with Gasteiger partial charge in [-0.3, -0.25) is 0 Å². The molecule has 1 rings (SSSR count). The van der Waals surface area contributed by atoms with Gasteiger partial charge in [-0.05, 0) is 37.0 Å². The summed E-state index contributed by atoms with van der Waals surface area (Å²) < 4.78 is 40.0. The van der Waals surface area contributed by atoms with Gasteiger partial charge >= 0.3 is 0 Å². The molecule has 0 N–H and O–H groups in total. The Balaban J connectivity index is 3.16. The van der Waals surface area contributed by atoms with Gasteiger partial charge in [0.2, 0.25) is 10.0 Å². The first-order valence-corrected chi connectivity index (χ1v) is 8.50. The molecule has 0 fully saturated rings. The fourth-order valence-electron chi connectivity index (χ4n) is 2.05. The van der Waals surface area contributed by atoms with Crippen LogP contribution in [0.3, 0.4) is 0 Å². The quantitative estimate of drug-likeness (QED) is 0.750. The molecule has 0 aromatic heterocycles.